The van der Waals surface area contributed by atoms with E-state index in [0.29, 0.717) is 0 Å². The number of nitrogens with one attached hydrogen (secondary N) is 1. The number of hydrogen-bond donors (Lipinski definition) is 1. The van der Waals surface area contributed by atoms with Gasteiger partial charge in [0.2, 0.25) is 0 Å². The SMILES string of the molecule is Cc1[c]c2c(cc1)Sc1ccccc1N2. The van der Waals surface area contributed by atoms with E-state index < -0.39 is 0 Å². The molecule has 0 spiro atoms. The maximum absolute atomic E-state index is 3.40. The second-order valence-electron chi connectivity index (χ2n) is 3.60. The second kappa shape index (κ2) is 3.31. The van der Waals surface area contributed by atoms with Gasteiger partial charge in [-0.1, -0.05) is 30.0 Å². The van der Waals surface area contributed by atoms with Crippen LogP contribution in [0.5, 0.6) is 0 Å². The summed E-state index contributed by atoms with van der Waals surface area (Å²) >= 11 is 1.80. The fourth-order valence-corrected chi connectivity index (χ4v) is 2.63. The van der Waals surface area contributed by atoms with Crippen molar-refractivity contribution in [2.24, 2.45) is 0 Å². The fraction of sp³-hybridized carbons (Fsp3) is 0.0769. The van der Waals surface area contributed by atoms with Gasteiger partial charge in [0.15, 0.2) is 0 Å². The van der Waals surface area contributed by atoms with Gasteiger partial charge in [0.1, 0.15) is 0 Å². The average molecular weight is 212 g/mol. The molecule has 0 aliphatic carbocycles. The molecule has 1 aliphatic heterocycles. The molecule has 73 valence electrons. The van der Waals surface area contributed by atoms with Gasteiger partial charge in [-0.2, -0.15) is 0 Å². The van der Waals surface area contributed by atoms with E-state index in [0.717, 1.165) is 5.69 Å². The van der Waals surface area contributed by atoms with Gasteiger partial charge >= 0.3 is 0 Å². The number of fused-ring (bicyclic) bond motifs is 2. The molecule has 0 atom stereocenters. The number of para-hydroxylation sites is 1. The normalized spacial score (nSPS) is 12.6. The summed E-state index contributed by atoms with van der Waals surface area (Å²) in [5.41, 5.74) is 3.44. The molecular weight excluding hydrogens is 202 g/mol. The monoisotopic (exact) mass is 212 g/mol. The Balaban J connectivity index is 2.11. The van der Waals surface area contributed by atoms with Gasteiger partial charge in [-0.3, -0.25) is 0 Å². The minimum Gasteiger partial charge on any atom is -0.353 e. The number of benzene rings is 2. The minimum atomic E-state index is 1.10. The first kappa shape index (κ1) is 8.86. The number of rotatable bonds is 0. The van der Waals surface area contributed by atoms with Crippen LogP contribution in [-0.2, 0) is 0 Å². The van der Waals surface area contributed by atoms with E-state index >= 15 is 0 Å². The van der Waals surface area contributed by atoms with Crippen LogP contribution in [0.25, 0.3) is 0 Å². The van der Waals surface area contributed by atoms with Gasteiger partial charge in [-0.15, -0.1) is 0 Å². The smallest absolute Gasteiger partial charge is 0.0609 e. The van der Waals surface area contributed by atoms with Crippen LogP contribution >= 0.6 is 11.8 Å². The lowest BCUT2D eigenvalue weighted by Crippen LogP contribution is -1.99. The van der Waals surface area contributed by atoms with E-state index in [-0.39, 0.29) is 0 Å². The molecular formula is C13H10NS. The van der Waals surface area contributed by atoms with Crippen LogP contribution in [0, 0.1) is 13.0 Å². The molecule has 0 unspecified atom stereocenters. The number of anilines is 2. The molecule has 1 radical (unpaired) electrons. The molecule has 1 aliphatic rings. The lowest BCUT2D eigenvalue weighted by Gasteiger charge is -2.20. The Bertz CT molecular complexity index is 520. The summed E-state index contributed by atoms with van der Waals surface area (Å²) in [7, 11) is 0. The Labute approximate surface area is 93.5 Å². The zero-order valence-corrected chi connectivity index (χ0v) is 9.19. The molecule has 2 aromatic rings. The van der Waals surface area contributed by atoms with Crippen molar-refractivity contribution in [2.45, 2.75) is 16.7 Å². The van der Waals surface area contributed by atoms with Crippen LogP contribution in [0.4, 0.5) is 11.4 Å². The van der Waals surface area contributed by atoms with Crippen LogP contribution in [0.15, 0.2) is 46.2 Å². The molecule has 0 amide bonds. The molecule has 3 rings (SSSR count). The summed E-state index contributed by atoms with van der Waals surface area (Å²) in [6.45, 7) is 2.06. The molecule has 15 heavy (non-hydrogen) atoms. The molecule has 0 saturated carbocycles. The maximum Gasteiger partial charge on any atom is 0.0609 e. The third-order valence-electron chi connectivity index (χ3n) is 2.42. The quantitative estimate of drug-likeness (QED) is 0.604. The number of hydrogen-bond acceptors (Lipinski definition) is 2. The Kier molecular flexibility index (Phi) is 1.96. The van der Waals surface area contributed by atoms with Gasteiger partial charge in [0.25, 0.3) is 0 Å². The van der Waals surface area contributed by atoms with Crippen LogP contribution in [-0.4, -0.2) is 0 Å². The van der Waals surface area contributed by atoms with E-state index in [2.05, 4.69) is 48.6 Å². The maximum atomic E-state index is 3.40. The first-order valence-corrected chi connectivity index (χ1v) is 5.71. The third kappa shape index (κ3) is 1.51. The van der Waals surface area contributed by atoms with Gasteiger partial charge in [0.05, 0.1) is 11.4 Å². The highest BCUT2D eigenvalue weighted by atomic mass is 32.2. The van der Waals surface area contributed by atoms with Gasteiger partial charge in [-0.25, -0.2) is 0 Å². The van der Waals surface area contributed by atoms with Crippen molar-refractivity contribution in [1.82, 2.24) is 0 Å². The highest BCUT2D eigenvalue weighted by Crippen LogP contribution is 2.43. The summed E-state index contributed by atoms with van der Waals surface area (Å²) in [5.74, 6) is 0. The first-order valence-electron chi connectivity index (χ1n) is 4.90. The summed E-state index contributed by atoms with van der Waals surface area (Å²) < 4.78 is 0. The van der Waals surface area contributed by atoms with E-state index in [4.69, 9.17) is 0 Å². The topological polar surface area (TPSA) is 12.0 Å². The average Bonchev–Trinajstić information content (AvgIpc) is 2.26. The standard InChI is InChI=1S/C13H10NS/c1-9-6-7-13-11(8-9)14-10-4-2-3-5-12(10)15-13/h2-7,14H,1H3. The van der Waals surface area contributed by atoms with Gasteiger partial charge in [0, 0.05) is 15.9 Å². The minimum absolute atomic E-state index is 1.10. The molecule has 1 nitrogen and oxygen atoms in total. The first-order chi connectivity index (χ1) is 7.33. The highest BCUT2D eigenvalue weighted by Gasteiger charge is 2.14. The molecule has 0 fully saturated rings. The van der Waals surface area contributed by atoms with Crippen molar-refractivity contribution in [3.05, 3.63) is 48.0 Å². The lowest BCUT2D eigenvalue weighted by atomic mass is 10.2. The molecule has 2 heteroatoms. The van der Waals surface area contributed by atoms with Crippen molar-refractivity contribution in [2.75, 3.05) is 5.32 Å². The second-order valence-corrected chi connectivity index (χ2v) is 4.69. The molecule has 0 aromatic heterocycles. The van der Waals surface area contributed by atoms with Crippen LogP contribution in [0.3, 0.4) is 0 Å². The fourth-order valence-electron chi connectivity index (χ4n) is 1.67. The Hall–Kier alpha value is -1.41. The third-order valence-corrected chi connectivity index (χ3v) is 3.56. The van der Waals surface area contributed by atoms with Crippen molar-refractivity contribution in [1.29, 1.82) is 0 Å². The Morgan fingerprint density at radius 2 is 1.93 bits per heavy atom. The zero-order chi connectivity index (χ0) is 10.3. The summed E-state index contributed by atoms with van der Waals surface area (Å²) in [5, 5.41) is 3.40. The van der Waals surface area contributed by atoms with Crippen molar-refractivity contribution >= 4 is 23.1 Å². The lowest BCUT2D eigenvalue weighted by molar-refractivity contribution is 1.29. The zero-order valence-electron chi connectivity index (χ0n) is 8.37. The Morgan fingerprint density at radius 3 is 2.87 bits per heavy atom. The Morgan fingerprint density at radius 1 is 1.07 bits per heavy atom. The summed E-state index contributed by atoms with van der Waals surface area (Å²) in [4.78, 5) is 2.53. The largest absolute Gasteiger partial charge is 0.353 e. The van der Waals surface area contributed by atoms with Crippen molar-refractivity contribution in [3.8, 4) is 0 Å². The predicted octanol–water partition coefficient (Wildman–Crippen LogP) is 4.00. The van der Waals surface area contributed by atoms with Gasteiger partial charge in [-0.05, 0) is 30.7 Å². The molecule has 0 saturated heterocycles. The van der Waals surface area contributed by atoms with E-state index in [9.17, 15) is 0 Å². The van der Waals surface area contributed by atoms with Gasteiger partial charge < -0.3 is 5.32 Å². The van der Waals surface area contributed by atoms with Crippen LogP contribution in [0.2, 0.25) is 0 Å². The highest BCUT2D eigenvalue weighted by molar-refractivity contribution is 7.99. The molecule has 1 heterocycles. The van der Waals surface area contributed by atoms with Crippen molar-refractivity contribution in [3.63, 3.8) is 0 Å². The molecule has 1 N–H and O–H groups in total. The van der Waals surface area contributed by atoms with Crippen LogP contribution in [0.1, 0.15) is 5.56 Å². The molecule has 0 bridgehead atoms. The molecule has 2 aromatic carbocycles. The van der Waals surface area contributed by atoms with Crippen molar-refractivity contribution < 1.29 is 0 Å². The van der Waals surface area contributed by atoms with E-state index in [1.54, 1.807) is 11.8 Å². The predicted molar refractivity (Wildman–Crippen MR) is 63.9 cm³/mol. The summed E-state index contributed by atoms with van der Waals surface area (Å²) in [6.07, 6.45) is 0. The van der Waals surface area contributed by atoms with E-state index in [1.807, 2.05) is 6.07 Å². The van der Waals surface area contributed by atoms with E-state index in [1.165, 1.54) is 21.0 Å². The number of aryl methyl sites for hydroxylation is 1. The summed E-state index contributed by atoms with van der Waals surface area (Å²) in [6, 6.07) is 15.9. The van der Waals surface area contributed by atoms with Crippen LogP contribution < -0.4 is 5.32 Å².